The first kappa shape index (κ1) is 17.5. The van der Waals surface area contributed by atoms with E-state index in [9.17, 15) is 4.79 Å². The Morgan fingerprint density at radius 2 is 2.00 bits per heavy atom. The van der Waals surface area contributed by atoms with Crippen LogP contribution < -0.4 is 4.74 Å². The molecule has 0 bridgehead atoms. The highest BCUT2D eigenvalue weighted by Crippen LogP contribution is 2.38. The molecule has 0 aliphatic carbocycles. The summed E-state index contributed by atoms with van der Waals surface area (Å²) in [6.45, 7) is 1.98. The van der Waals surface area contributed by atoms with E-state index in [2.05, 4.69) is 9.97 Å². The van der Waals surface area contributed by atoms with Crippen molar-refractivity contribution in [2.75, 3.05) is 13.7 Å². The fourth-order valence-electron chi connectivity index (χ4n) is 2.50. The SMILES string of the molecule is CCOC(=O)c1cnc2ccc(OC)nc2c1-c1cccc(Cl)c1Cl. The number of carbonyl (C=O) groups excluding carboxylic acids is 1. The molecule has 3 aromatic rings. The second kappa shape index (κ2) is 7.25. The zero-order valence-electron chi connectivity index (χ0n) is 13.5. The Hall–Kier alpha value is -2.37. The van der Waals surface area contributed by atoms with Gasteiger partial charge in [-0.25, -0.2) is 9.78 Å². The number of benzene rings is 1. The smallest absolute Gasteiger partial charge is 0.340 e. The van der Waals surface area contributed by atoms with Crippen LogP contribution >= 0.6 is 23.2 Å². The number of nitrogens with zero attached hydrogens (tertiary/aromatic N) is 2. The molecule has 3 rings (SSSR count). The van der Waals surface area contributed by atoms with Crippen LogP contribution in [0.2, 0.25) is 10.0 Å². The van der Waals surface area contributed by atoms with Crippen LogP contribution in [0.15, 0.2) is 36.5 Å². The summed E-state index contributed by atoms with van der Waals surface area (Å²) in [5, 5.41) is 0.702. The summed E-state index contributed by atoms with van der Waals surface area (Å²) in [7, 11) is 1.52. The molecule has 5 nitrogen and oxygen atoms in total. The molecule has 25 heavy (non-hydrogen) atoms. The van der Waals surface area contributed by atoms with Gasteiger partial charge < -0.3 is 9.47 Å². The van der Waals surface area contributed by atoms with Crippen LogP contribution in [0.5, 0.6) is 5.88 Å². The maximum atomic E-state index is 12.4. The molecular formula is C18H14Cl2N2O3. The second-order valence-electron chi connectivity index (χ2n) is 5.09. The zero-order chi connectivity index (χ0) is 18.0. The highest BCUT2D eigenvalue weighted by Gasteiger charge is 2.22. The van der Waals surface area contributed by atoms with Crippen LogP contribution in [0.4, 0.5) is 0 Å². The maximum Gasteiger partial charge on any atom is 0.340 e. The summed E-state index contributed by atoms with van der Waals surface area (Å²) >= 11 is 12.5. The van der Waals surface area contributed by atoms with E-state index in [1.165, 1.54) is 13.3 Å². The number of rotatable bonds is 4. The van der Waals surface area contributed by atoms with E-state index in [1.54, 1.807) is 37.3 Å². The number of hydrogen-bond acceptors (Lipinski definition) is 5. The molecule has 0 N–H and O–H groups in total. The predicted molar refractivity (Wildman–Crippen MR) is 97.5 cm³/mol. The molecular weight excluding hydrogens is 363 g/mol. The number of esters is 1. The van der Waals surface area contributed by atoms with Gasteiger partial charge in [-0.15, -0.1) is 0 Å². The van der Waals surface area contributed by atoms with Gasteiger partial charge in [0.1, 0.15) is 5.52 Å². The normalized spacial score (nSPS) is 10.7. The molecule has 0 aliphatic heterocycles. The van der Waals surface area contributed by atoms with Gasteiger partial charge in [-0.3, -0.25) is 4.98 Å². The Bertz CT molecular complexity index is 960. The third-order valence-electron chi connectivity index (χ3n) is 3.61. The van der Waals surface area contributed by atoms with Gasteiger partial charge in [-0.1, -0.05) is 35.3 Å². The van der Waals surface area contributed by atoms with E-state index in [0.29, 0.717) is 38.1 Å². The summed E-state index contributed by atoms with van der Waals surface area (Å²) in [6, 6.07) is 8.66. The first-order valence-corrected chi connectivity index (χ1v) is 8.27. The molecule has 0 saturated carbocycles. The summed E-state index contributed by atoms with van der Waals surface area (Å²) in [5.74, 6) is -0.109. The summed E-state index contributed by atoms with van der Waals surface area (Å²) < 4.78 is 10.4. The summed E-state index contributed by atoms with van der Waals surface area (Å²) in [5.41, 5.74) is 2.42. The van der Waals surface area contributed by atoms with Crippen LogP contribution in [-0.2, 0) is 4.74 Å². The fraction of sp³-hybridized carbons (Fsp3) is 0.167. The van der Waals surface area contributed by atoms with E-state index in [4.69, 9.17) is 32.7 Å². The lowest BCUT2D eigenvalue weighted by molar-refractivity contribution is 0.0527. The van der Waals surface area contributed by atoms with Gasteiger partial charge >= 0.3 is 5.97 Å². The molecule has 128 valence electrons. The van der Waals surface area contributed by atoms with Gasteiger partial charge in [0, 0.05) is 23.4 Å². The van der Waals surface area contributed by atoms with Crippen molar-refractivity contribution < 1.29 is 14.3 Å². The standard InChI is InChI=1S/C18H14Cl2N2O3/c1-3-25-18(23)11-9-21-13-7-8-14(24-2)22-17(13)15(11)10-5-4-6-12(19)16(10)20/h4-9H,3H2,1-2H3. The molecule has 2 heterocycles. The second-order valence-corrected chi connectivity index (χ2v) is 5.88. The Balaban J connectivity index is 2.40. The highest BCUT2D eigenvalue weighted by molar-refractivity contribution is 6.44. The summed E-state index contributed by atoms with van der Waals surface area (Å²) in [6.07, 6.45) is 1.46. The molecule has 0 fully saturated rings. The monoisotopic (exact) mass is 376 g/mol. The van der Waals surface area contributed by atoms with Gasteiger partial charge in [-0.05, 0) is 19.1 Å². The summed E-state index contributed by atoms with van der Waals surface area (Å²) in [4.78, 5) is 21.2. The third-order valence-corrected chi connectivity index (χ3v) is 4.43. The minimum absolute atomic E-state index is 0.241. The Labute approximate surface area is 154 Å². The molecule has 2 aromatic heterocycles. The van der Waals surface area contributed by atoms with Crippen molar-refractivity contribution in [2.24, 2.45) is 0 Å². The van der Waals surface area contributed by atoms with Gasteiger partial charge in [0.2, 0.25) is 5.88 Å². The van der Waals surface area contributed by atoms with Crippen molar-refractivity contribution in [2.45, 2.75) is 6.92 Å². The van der Waals surface area contributed by atoms with E-state index in [-0.39, 0.29) is 12.2 Å². The molecule has 7 heteroatoms. The molecule has 0 saturated heterocycles. The van der Waals surface area contributed by atoms with Crippen LogP contribution in [0.1, 0.15) is 17.3 Å². The minimum Gasteiger partial charge on any atom is -0.481 e. The molecule has 0 amide bonds. The number of halogens is 2. The van der Waals surface area contributed by atoms with Crippen molar-refractivity contribution in [3.8, 4) is 17.0 Å². The van der Waals surface area contributed by atoms with Crippen LogP contribution in [0, 0.1) is 0 Å². The Morgan fingerprint density at radius 3 is 2.72 bits per heavy atom. The van der Waals surface area contributed by atoms with E-state index in [0.717, 1.165) is 0 Å². The topological polar surface area (TPSA) is 61.3 Å². The average Bonchev–Trinajstić information content (AvgIpc) is 2.63. The fourth-order valence-corrected chi connectivity index (χ4v) is 2.89. The predicted octanol–water partition coefficient (Wildman–Crippen LogP) is 4.79. The molecule has 1 aromatic carbocycles. The van der Waals surface area contributed by atoms with Gasteiger partial charge in [0.15, 0.2) is 0 Å². The van der Waals surface area contributed by atoms with Crippen molar-refractivity contribution in [1.82, 2.24) is 9.97 Å². The maximum absolute atomic E-state index is 12.4. The lowest BCUT2D eigenvalue weighted by atomic mass is 9.99. The number of hydrogen-bond donors (Lipinski definition) is 0. The quantitative estimate of drug-likeness (QED) is 0.612. The number of pyridine rings is 2. The largest absolute Gasteiger partial charge is 0.481 e. The number of methoxy groups -OCH3 is 1. The molecule has 0 aliphatic rings. The Kier molecular flexibility index (Phi) is 5.06. The van der Waals surface area contributed by atoms with Crippen molar-refractivity contribution >= 4 is 40.2 Å². The van der Waals surface area contributed by atoms with Crippen molar-refractivity contribution in [1.29, 1.82) is 0 Å². The number of fused-ring (bicyclic) bond motifs is 1. The Morgan fingerprint density at radius 1 is 1.20 bits per heavy atom. The third kappa shape index (κ3) is 3.25. The highest BCUT2D eigenvalue weighted by atomic mass is 35.5. The average molecular weight is 377 g/mol. The van der Waals surface area contributed by atoms with Gasteiger partial charge in [0.05, 0.1) is 34.8 Å². The first-order valence-electron chi connectivity index (χ1n) is 7.52. The zero-order valence-corrected chi connectivity index (χ0v) is 15.1. The van der Waals surface area contributed by atoms with Gasteiger partial charge in [0.25, 0.3) is 0 Å². The number of ether oxygens (including phenoxy) is 2. The lowest BCUT2D eigenvalue weighted by Crippen LogP contribution is -2.08. The van der Waals surface area contributed by atoms with Crippen molar-refractivity contribution in [3.63, 3.8) is 0 Å². The van der Waals surface area contributed by atoms with E-state index < -0.39 is 5.97 Å². The van der Waals surface area contributed by atoms with E-state index in [1.807, 2.05) is 0 Å². The number of carbonyl (C=O) groups is 1. The molecule has 0 radical (unpaired) electrons. The molecule has 0 atom stereocenters. The van der Waals surface area contributed by atoms with E-state index >= 15 is 0 Å². The number of aromatic nitrogens is 2. The van der Waals surface area contributed by atoms with Crippen LogP contribution in [0.25, 0.3) is 22.2 Å². The van der Waals surface area contributed by atoms with Crippen LogP contribution in [-0.4, -0.2) is 29.7 Å². The van der Waals surface area contributed by atoms with Gasteiger partial charge in [-0.2, -0.15) is 0 Å². The molecule has 0 spiro atoms. The van der Waals surface area contributed by atoms with Crippen molar-refractivity contribution in [3.05, 3.63) is 52.1 Å². The lowest BCUT2D eigenvalue weighted by Gasteiger charge is -2.14. The minimum atomic E-state index is -0.507. The first-order chi connectivity index (χ1) is 12.1. The van der Waals surface area contributed by atoms with Crippen LogP contribution in [0.3, 0.4) is 0 Å². The molecule has 0 unspecified atom stereocenters.